The number of hydrazone groups is 1. The lowest BCUT2D eigenvalue weighted by Crippen LogP contribution is -2.35. The number of nitrogens with zero attached hydrogens (tertiary/aromatic N) is 4. The van der Waals surface area contributed by atoms with Crippen molar-refractivity contribution in [1.29, 1.82) is 10.5 Å². The summed E-state index contributed by atoms with van der Waals surface area (Å²) in [6.45, 7) is 1.52. The van der Waals surface area contributed by atoms with Crippen molar-refractivity contribution in [1.82, 2.24) is 4.90 Å². The minimum Gasteiger partial charge on any atom is -0.339 e. The topological polar surface area (TPSA) is 92.3 Å². The molecule has 1 aromatic carbocycles. The number of hydrogen-bond donors (Lipinski definition) is 1. The molecule has 0 radical (unpaired) electrons. The van der Waals surface area contributed by atoms with Crippen molar-refractivity contribution in [2.24, 2.45) is 5.10 Å². The highest BCUT2D eigenvalue weighted by Gasteiger charge is 2.20. The molecule has 0 bridgehead atoms. The molecule has 1 aromatic rings. The Bertz CT molecular complexity index is 616. The van der Waals surface area contributed by atoms with Gasteiger partial charge < -0.3 is 4.90 Å². The molecular weight excluding hydrogens is 266 g/mol. The molecule has 2 rings (SSSR count). The van der Waals surface area contributed by atoms with Gasteiger partial charge in [-0.15, -0.1) is 0 Å². The average molecular weight is 281 g/mol. The average Bonchev–Trinajstić information content (AvgIpc) is 2.56. The van der Waals surface area contributed by atoms with Gasteiger partial charge in [-0.2, -0.15) is 15.6 Å². The fourth-order valence-corrected chi connectivity index (χ4v) is 2.23. The third kappa shape index (κ3) is 3.58. The van der Waals surface area contributed by atoms with Crippen LogP contribution in [0.4, 0.5) is 5.69 Å². The Morgan fingerprint density at radius 2 is 1.81 bits per heavy atom. The van der Waals surface area contributed by atoms with E-state index in [0.717, 1.165) is 32.4 Å². The van der Waals surface area contributed by atoms with Crippen LogP contribution < -0.4 is 5.43 Å². The molecule has 1 amide bonds. The van der Waals surface area contributed by atoms with E-state index >= 15 is 0 Å². The number of carbonyl (C=O) groups excluding carboxylic acids is 1. The Balaban J connectivity index is 2.21. The number of para-hydroxylation sites is 1. The first-order valence-electron chi connectivity index (χ1n) is 6.78. The van der Waals surface area contributed by atoms with Gasteiger partial charge in [0, 0.05) is 13.1 Å². The zero-order valence-corrected chi connectivity index (χ0v) is 11.5. The minimum atomic E-state index is -0.282. The first-order chi connectivity index (χ1) is 10.3. The first kappa shape index (κ1) is 14.5. The molecular formula is C15H15N5O. The predicted octanol–water partition coefficient (Wildman–Crippen LogP) is 2.13. The van der Waals surface area contributed by atoms with Crippen LogP contribution in [0.2, 0.25) is 0 Å². The molecule has 1 aliphatic heterocycles. The van der Waals surface area contributed by atoms with Crippen molar-refractivity contribution in [3.63, 3.8) is 0 Å². The number of carbonyl (C=O) groups is 1. The van der Waals surface area contributed by atoms with Gasteiger partial charge in [-0.3, -0.25) is 10.2 Å². The number of amides is 1. The van der Waals surface area contributed by atoms with E-state index in [0.29, 0.717) is 11.3 Å². The predicted molar refractivity (Wildman–Crippen MR) is 78.5 cm³/mol. The number of hydrogen-bond acceptors (Lipinski definition) is 5. The fourth-order valence-electron chi connectivity index (χ4n) is 2.23. The number of likely N-dealkylation sites (tertiary alicyclic amines) is 1. The van der Waals surface area contributed by atoms with Gasteiger partial charge in [0.15, 0.2) is 0 Å². The van der Waals surface area contributed by atoms with E-state index in [1.807, 2.05) is 4.90 Å². The molecule has 0 atom stereocenters. The maximum Gasteiger partial charge on any atom is 0.256 e. The third-order valence-electron chi connectivity index (χ3n) is 3.30. The molecule has 6 nitrogen and oxygen atoms in total. The van der Waals surface area contributed by atoms with Crippen LogP contribution in [-0.2, 0) is 0 Å². The van der Waals surface area contributed by atoms with E-state index in [9.17, 15) is 4.79 Å². The second-order valence-electron chi connectivity index (χ2n) is 4.69. The SMILES string of the molecule is N#CC(C#N)=NNc1ccccc1C(=O)N1CCCCC1. The van der Waals surface area contributed by atoms with Crippen LogP contribution in [0.15, 0.2) is 29.4 Å². The van der Waals surface area contributed by atoms with Crippen LogP contribution >= 0.6 is 0 Å². The Hall–Kier alpha value is -2.86. The second-order valence-corrected chi connectivity index (χ2v) is 4.69. The van der Waals surface area contributed by atoms with Crippen LogP contribution in [0.3, 0.4) is 0 Å². The third-order valence-corrected chi connectivity index (χ3v) is 3.30. The van der Waals surface area contributed by atoms with Crippen molar-refractivity contribution in [2.45, 2.75) is 19.3 Å². The standard InChI is InChI=1S/C15H15N5O/c16-10-12(11-17)18-19-14-7-3-2-6-13(14)15(21)20-8-4-1-5-9-20/h2-3,6-7,19H,1,4-5,8-9H2. The van der Waals surface area contributed by atoms with Crippen molar-refractivity contribution in [2.75, 3.05) is 18.5 Å². The van der Waals surface area contributed by atoms with Gasteiger partial charge >= 0.3 is 0 Å². The van der Waals surface area contributed by atoms with Gasteiger partial charge in [0.05, 0.1) is 11.3 Å². The summed E-state index contributed by atoms with van der Waals surface area (Å²) in [7, 11) is 0. The Morgan fingerprint density at radius 1 is 1.14 bits per heavy atom. The van der Waals surface area contributed by atoms with E-state index in [4.69, 9.17) is 10.5 Å². The van der Waals surface area contributed by atoms with Crippen LogP contribution in [0, 0.1) is 22.7 Å². The van der Waals surface area contributed by atoms with Gasteiger partial charge in [-0.25, -0.2) is 0 Å². The number of rotatable bonds is 3. The first-order valence-corrected chi connectivity index (χ1v) is 6.78. The Kier molecular flexibility index (Phi) is 4.89. The molecule has 106 valence electrons. The number of nitriles is 2. The molecule has 21 heavy (non-hydrogen) atoms. The summed E-state index contributed by atoms with van der Waals surface area (Å²) in [6.07, 6.45) is 3.20. The minimum absolute atomic E-state index is 0.0523. The highest BCUT2D eigenvalue weighted by molar-refractivity contribution is 6.10. The normalized spacial score (nSPS) is 13.7. The van der Waals surface area contributed by atoms with E-state index in [-0.39, 0.29) is 11.6 Å². The van der Waals surface area contributed by atoms with Crippen molar-refractivity contribution >= 4 is 17.3 Å². The number of nitrogens with one attached hydrogen (secondary N) is 1. The van der Waals surface area contributed by atoms with E-state index in [2.05, 4.69) is 10.5 Å². The number of benzene rings is 1. The lowest BCUT2D eigenvalue weighted by atomic mass is 10.1. The highest BCUT2D eigenvalue weighted by Crippen LogP contribution is 2.20. The molecule has 1 fully saturated rings. The Labute approximate surface area is 123 Å². The van der Waals surface area contributed by atoms with Crippen LogP contribution in [0.5, 0.6) is 0 Å². The van der Waals surface area contributed by atoms with Crippen molar-refractivity contribution in [3.8, 4) is 12.1 Å². The lowest BCUT2D eigenvalue weighted by molar-refractivity contribution is 0.0725. The maximum absolute atomic E-state index is 12.5. The summed E-state index contributed by atoms with van der Waals surface area (Å²) in [5.41, 5.74) is 3.34. The summed E-state index contributed by atoms with van der Waals surface area (Å²) >= 11 is 0. The second kappa shape index (κ2) is 7.06. The summed E-state index contributed by atoms with van der Waals surface area (Å²) in [6, 6.07) is 10.3. The van der Waals surface area contributed by atoms with Crippen LogP contribution in [0.1, 0.15) is 29.6 Å². The zero-order valence-electron chi connectivity index (χ0n) is 11.5. The lowest BCUT2D eigenvalue weighted by Gasteiger charge is -2.27. The van der Waals surface area contributed by atoms with Crippen LogP contribution in [-0.4, -0.2) is 29.6 Å². The molecule has 6 heteroatoms. The Morgan fingerprint density at radius 3 is 2.48 bits per heavy atom. The molecule has 0 saturated carbocycles. The summed E-state index contributed by atoms with van der Waals surface area (Å²) in [5, 5.41) is 21.0. The molecule has 1 saturated heterocycles. The molecule has 1 aliphatic rings. The molecule has 0 unspecified atom stereocenters. The monoisotopic (exact) mass is 281 g/mol. The van der Waals surface area contributed by atoms with Crippen LogP contribution in [0.25, 0.3) is 0 Å². The summed E-state index contributed by atoms with van der Waals surface area (Å²) in [4.78, 5) is 14.3. The quantitative estimate of drug-likeness (QED) is 0.678. The molecule has 0 spiro atoms. The molecule has 0 aliphatic carbocycles. The zero-order chi connectivity index (χ0) is 15.1. The van der Waals surface area contributed by atoms with Crippen molar-refractivity contribution in [3.05, 3.63) is 29.8 Å². The summed E-state index contributed by atoms with van der Waals surface area (Å²) < 4.78 is 0. The van der Waals surface area contributed by atoms with Gasteiger partial charge in [0.1, 0.15) is 12.1 Å². The van der Waals surface area contributed by atoms with E-state index in [1.165, 1.54) is 0 Å². The van der Waals surface area contributed by atoms with E-state index < -0.39 is 0 Å². The summed E-state index contributed by atoms with van der Waals surface area (Å²) in [5.74, 6) is -0.0523. The van der Waals surface area contributed by atoms with Gasteiger partial charge in [0.25, 0.3) is 5.91 Å². The maximum atomic E-state index is 12.5. The largest absolute Gasteiger partial charge is 0.339 e. The smallest absolute Gasteiger partial charge is 0.256 e. The van der Waals surface area contributed by atoms with Crippen molar-refractivity contribution < 1.29 is 4.79 Å². The van der Waals surface area contributed by atoms with E-state index in [1.54, 1.807) is 36.4 Å². The molecule has 1 heterocycles. The molecule has 0 aromatic heterocycles. The number of piperidine rings is 1. The highest BCUT2D eigenvalue weighted by atomic mass is 16.2. The fraction of sp³-hybridized carbons (Fsp3) is 0.333. The van der Waals surface area contributed by atoms with Gasteiger partial charge in [-0.1, -0.05) is 12.1 Å². The number of anilines is 1. The van der Waals surface area contributed by atoms with Gasteiger partial charge in [0.2, 0.25) is 5.71 Å². The molecule has 1 N–H and O–H groups in total. The van der Waals surface area contributed by atoms with Gasteiger partial charge in [-0.05, 0) is 31.4 Å².